The Kier molecular flexibility index (Phi) is 7.74. The maximum absolute atomic E-state index is 11.0. The van der Waals surface area contributed by atoms with Gasteiger partial charge in [0, 0.05) is 11.3 Å². The van der Waals surface area contributed by atoms with Crippen molar-refractivity contribution in [3.63, 3.8) is 0 Å². The lowest BCUT2D eigenvalue weighted by Crippen LogP contribution is -2.14. The Morgan fingerprint density at radius 2 is 1.85 bits per heavy atom. The third-order valence-electron chi connectivity index (χ3n) is 3.98. The second-order valence-electron chi connectivity index (χ2n) is 5.99. The van der Waals surface area contributed by atoms with Crippen LogP contribution in [0, 0.1) is 10.1 Å². The maximum Gasteiger partial charge on any atom is 0.320 e. The van der Waals surface area contributed by atoms with Crippen molar-refractivity contribution in [2.45, 2.75) is 45.7 Å². The largest absolute Gasteiger partial charge is 0.491 e. The predicted octanol–water partition coefficient (Wildman–Crippen LogP) is 6.02. The lowest BCUT2D eigenvalue weighted by Gasteiger charge is -2.10. The normalized spacial score (nSPS) is 12.2. The van der Waals surface area contributed by atoms with Gasteiger partial charge in [0.1, 0.15) is 11.4 Å². The monoisotopic (exact) mass is 355 g/mol. The van der Waals surface area contributed by atoms with Crippen LogP contribution in [0.5, 0.6) is 5.75 Å². The van der Waals surface area contributed by atoms with Crippen LogP contribution in [0.15, 0.2) is 58.8 Å². The number of azo groups is 1. The van der Waals surface area contributed by atoms with Crippen LogP contribution >= 0.6 is 0 Å². The molecule has 0 spiro atoms. The standard InChI is InChI=1S/C20H25N3O3/c1-3-5-9-14-26-19-13-12-17(16-10-7-6-8-11-16)15-18(19)21-22-20(4-2)23(24)25/h6-8,10-13,15,20H,3-5,9,14H2,1-2H3. The molecule has 0 amide bonds. The summed E-state index contributed by atoms with van der Waals surface area (Å²) in [5, 5.41) is 19.0. The van der Waals surface area contributed by atoms with E-state index < -0.39 is 11.1 Å². The fourth-order valence-corrected chi connectivity index (χ4v) is 2.46. The average Bonchev–Trinajstić information content (AvgIpc) is 2.67. The molecule has 6 nitrogen and oxygen atoms in total. The number of hydrogen-bond donors (Lipinski definition) is 0. The molecule has 26 heavy (non-hydrogen) atoms. The van der Waals surface area contributed by atoms with E-state index in [0.29, 0.717) is 24.5 Å². The van der Waals surface area contributed by atoms with Crippen molar-refractivity contribution in [2.24, 2.45) is 10.2 Å². The Labute approximate surface area is 154 Å². The van der Waals surface area contributed by atoms with E-state index in [4.69, 9.17) is 4.74 Å². The molecular weight excluding hydrogens is 330 g/mol. The van der Waals surface area contributed by atoms with Crippen LogP contribution < -0.4 is 4.74 Å². The Morgan fingerprint density at radius 3 is 2.50 bits per heavy atom. The van der Waals surface area contributed by atoms with Crippen molar-refractivity contribution in [1.29, 1.82) is 0 Å². The highest BCUT2D eigenvalue weighted by molar-refractivity contribution is 5.70. The molecule has 0 aliphatic heterocycles. The van der Waals surface area contributed by atoms with Crippen LogP contribution in [0.4, 0.5) is 5.69 Å². The highest BCUT2D eigenvalue weighted by atomic mass is 16.6. The van der Waals surface area contributed by atoms with Gasteiger partial charge in [-0.3, -0.25) is 10.1 Å². The van der Waals surface area contributed by atoms with E-state index in [2.05, 4.69) is 17.2 Å². The van der Waals surface area contributed by atoms with Crippen LogP contribution in [0.3, 0.4) is 0 Å². The molecule has 2 aromatic rings. The van der Waals surface area contributed by atoms with Crippen molar-refractivity contribution in [3.8, 4) is 16.9 Å². The van der Waals surface area contributed by atoms with Gasteiger partial charge in [0.15, 0.2) is 0 Å². The minimum absolute atomic E-state index is 0.293. The van der Waals surface area contributed by atoms with Crippen LogP contribution in [-0.2, 0) is 0 Å². The van der Waals surface area contributed by atoms with Gasteiger partial charge in [-0.25, -0.2) is 0 Å². The Morgan fingerprint density at radius 1 is 1.08 bits per heavy atom. The predicted molar refractivity (Wildman–Crippen MR) is 102 cm³/mol. The Hall–Kier alpha value is -2.76. The van der Waals surface area contributed by atoms with E-state index in [1.54, 1.807) is 6.92 Å². The van der Waals surface area contributed by atoms with E-state index in [1.165, 1.54) is 0 Å². The fraction of sp³-hybridized carbons (Fsp3) is 0.400. The zero-order chi connectivity index (χ0) is 18.8. The highest BCUT2D eigenvalue weighted by Crippen LogP contribution is 2.33. The average molecular weight is 355 g/mol. The summed E-state index contributed by atoms with van der Waals surface area (Å²) in [6, 6.07) is 15.6. The summed E-state index contributed by atoms with van der Waals surface area (Å²) in [6.07, 6.45) is 2.42. The molecule has 0 saturated heterocycles. The van der Waals surface area contributed by atoms with Crippen molar-refractivity contribution < 1.29 is 9.66 Å². The van der Waals surface area contributed by atoms with Gasteiger partial charge >= 0.3 is 6.17 Å². The molecule has 0 bridgehead atoms. The Bertz CT molecular complexity index is 732. The molecule has 0 aliphatic carbocycles. The van der Waals surface area contributed by atoms with Gasteiger partial charge in [-0.05, 0) is 29.7 Å². The summed E-state index contributed by atoms with van der Waals surface area (Å²) in [7, 11) is 0. The molecule has 1 unspecified atom stereocenters. The second-order valence-corrected chi connectivity index (χ2v) is 5.99. The van der Waals surface area contributed by atoms with Gasteiger partial charge in [-0.2, -0.15) is 0 Å². The molecular formula is C20H25N3O3. The van der Waals surface area contributed by atoms with Gasteiger partial charge < -0.3 is 4.74 Å². The summed E-state index contributed by atoms with van der Waals surface area (Å²) >= 11 is 0. The molecule has 0 heterocycles. The van der Waals surface area contributed by atoms with Gasteiger partial charge in [0.05, 0.1) is 6.61 Å². The summed E-state index contributed by atoms with van der Waals surface area (Å²) in [4.78, 5) is 10.6. The summed E-state index contributed by atoms with van der Waals surface area (Å²) in [5.74, 6) is 0.600. The number of benzene rings is 2. The van der Waals surface area contributed by atoms with Crippen LogP contribution in [-0.4, -0.2) is 17.7 Å². The molecule has 0 aromatic heterocycles. The number of ether oxygens (including phenoxy) is 1. The van der Waals surface area contributed by atoms with E-state index in [9.17, 15) is 10.1 Å². The van der Waals surface area contributed by atoms with E-state index in [1.807, 2.05) is 48.5 Å². The topological polar surface area (TPSA) is 77.1 Å². The molecule has 1 atom stereocenters. The van der Waals surface area contributed by atoms with Crippen molar-refractivity contribution in [1.82, 2.24) is 0 Å². The van der Waals surface area contributed by atoms with Gasteiger partial charge in [0.2, 0.25) is 0 Å². The smallest absolute Gasteiger partial charge is 0.320 e. The SMILES string of the molecule is CCCCCOc1ccc(-c2ccccc2)cc1N=NC(CC)[N+](=O)[O-]. The summed E-state index contributed by atoms with van der Waals surface area (Å²) in [5.41, 5.74) is 2.53. The lowest BCUT2D eigenvalue weighted by molar-refractivity contribution is -0.521. The van der Waals surface area contributed by atoms with Crippen LogP contribution in [0.25, 0.3) is 11.1 Å². The first kappa shape index (κ1) is 19.6. The fourth-order valence-electron chi connectivity index (χ4n) is 2.46. The van der Waals surface area contributed by atoms with Crippen LogP contribution in [0.2, 0.25) is 0 Å². The number of rotatable bonds is 10. The molecule has 2 aromatic carbocycles. The van der Waals surface area contributed by atoms with Gasteiger partial charge in [-0.1, -0.05) is 63.1 Å². The zero-order valence-corrected chi connectivity index (χ0v) is 15.3. The molecule has 0 fully saturated rings. The zero-order valence-electron chi connectivity index (χ0n) is 15.3. The third kappa shape index (κ3) is 5.65. The molecule has 2 rings (SSSR count). The minimum Gasteiger partial charge on any atom is -0.491 e. The molecule has 0 aliphatic rings. The van der Waals surface area contributed by atoms with Gasteiger partial charge in [0.25, 0.3) is 0 Å². The molecule has 0 N–H and O–H groups in total. The lowest BCUT2D eigenvalue weighted by atomic mass is 10.1. The number of nitrogens with zero attached hydrogens (tertiary/aromatic N) is 3. The maximum atomic E-state index is 11.0. The molecule has 6 heteroatoms. The third-order valence-corrected chi connectivity index (χ3v) is 3.98. The first-order valence-corrected chi connectivity index (χ1v) is 9.02. The Balaban J connectivity index is 2.29. The van der Waals surface area contributed by atoms with Gasteiger partial charge in [-0.15, -0.1) is 10.2 Å². The molecule has 0 radical (unpaired) electrons. The van der Waals surface area contributed by atoms with Crippen molar-refractivity contribution in [2.75, 3.05) is 6.61 Å². The van der Waals surface area contributed by atoms with Crippen LogP contribution in [0.1, 0.15) is 39.5 Å². The second kappa shape index (κ2) is 10.3. The summed E-state index contributed by atoms with van der Waals surface area (Å²) < 4.78 is 5.83. The minimum atomic E-state index is -1.04. The first-order valence-electron chi connectivity index (χ1n) is 9.02. The number of nitro groups is 1. The first-order chi connectivity index (χ1) is 12.7. The number of hydrogen-bond acceptors (Lipinski definition) is 5. The number of unbranched alkanes of at least 4 members (excludes halogenated alkanes) is 2. The van der Waals surface area contributed by atoms with E-state index >= 15 is 0 Å². The van der Waals surface area contributed by atoms with Crippen molar-refractivity contribution in [3.05, 3.63) is 58.6 Å². The highest BCUT2D eigenvalue weighted by Gasteiger charge is 2.16. The van der Waals surface area contributed by atoms with Crippen molar-refractivity contribution >= 4 is 5.69 Å². The molecule has 0 saturated carbocycles. The molecule has 138 valence electrons. The van der Waals surface area contributed by atoms with E-state index in [-0.39, 0.29) is 0 Å². The quantitative estimate of drug-likeness (QED) is 0.226. The summed E-state index contributed by atoms with van der Waals surface area (Å²) in [6.45, 7) is 4.44. The van der Waals surface area contributed by atoms with E-state index in [0.717, 1.165) is 30.4 Å².